The van der Waals surface area contributed by atoms with Crippen molar-refractivity contribution >= 4 is 5.91 Å². The topological polar surface area (TPSA) is 29.5 Å². The molecule has 3 atom stereocenters. The van der Waals surface area contributed by atoms with Crippen LogP contribution in [0.15, 0.2) is 60.7 Å². The van der Waals surface area contributed by atoms with Gasteiger partial charge in [0.15, 0.2) is 0 Å². The van der Waals surface area contributed by atoms with E-state index in [4.69, 9.17) is 4.74 Å². The molecule has 2 aliphatic heterocycles. The number of nitrogens with zero attached hydrogens (tertiary/aromatic N) is 1. The second-order valence-electron chi connectivity index (χ2n) is 5.67. The standard InChI is InChI=1S/C18H17NO2/c20-17-11-15(13-7-3-1-4-8-13)18-19(17)16(12-21-18)14-9-5-2-6-10-14/h1-10,15-16,18H,11-12H2/t15-,16+,18+/m0/s1. The Hall–Kier alpha value is -2.13. The Labute approximate surface area is 124 Å². The Bertz CT molecular complexity index is 603. The van der Waals surface area contributed by atoms with Gasteiger partial charge in [-0.25, -0.2) is 0 Å². The normalized spacial score (nSPS) is 27.9. The van der Waals surface area contributed by atoms with Crippen LogP contribution in [0.1, 0.15) is 29.5 Å². The van der Waals surface area contributed by atoms with E-state index in [1.54, 1.807) is 0 Å². The van der Waals surface area contributed by atoms with E-state index in [1.165, 1.54) is 5.56 Å². The second kappa shape index (κ2) is 5.01. The molecular weight excluding hydrogens is 262 g/mol. The van der Waals surface area contributed by atoms with Crippen LogP contribution in [-0.2, 0) is 9.53 Å². The van der Waals surface area contributed by atoms with Gasteiger partial charge in [0.2, 0.25) is 5.91 Å². The SMILES string of the molecule is O=C1C[C@@H](c2ccccc2)[C@H]2OC[C@H](c3ccccc3)N12. The smallest absolute Gasteiger partial charge is 0.226 e. The maximum absolute atomic E-state index is 12.5. The lowest BCUT2D eigenvalue weighted by molar-refractivity contribution is -0.131. The van der Waals surface area contributed by atoms with Crippen molar-refractivity contribution in [3.8, 4) is 0 Å². The van der Waals surface area contributed by atoms with Crippen molar-refractivity contribution in [3.05, 3.63) is 71.8 Å². The van der Waals surface area contributed by atoms with Crippen LogP contribution >= 0.6 is 0 Å². The Morgan fingerprint density at radius 1 is 0.905 bits per heavy atom. The van der Waals surface area contributed by atoms with E-state index in [0.717, 1.165) is 5.56 Å². The van der Waals surface area contributed by atoms with E-state index in [-0.39, 0.29) is 24.1 Å². The molecule has 0 bridgehead atoms. The number of benzene rings is 2. The van der Waals surface area contributed by atoms with Crippen molar-refractivity contribution < 1.29 is 9.53 Å². The highest BCUT2D eigenvalue weighted by Crippen LogP contribution is 2.44. The van der Waals surface area contributed by atoms with Gasteiger partial charge >= 0.3 is 0 Å². The average molecular weight is 279 g/mol. The molecule has 2 saturated heterocycles. The number of ether oxygens (including phenoxy) is 1. The number of rotatable bonds is 2. The van der Waals surface area contributed by atoms with Gasteiger partial charge in [-0.1, -0.05) is 60.7 Å². The predicted octanol–water partition coefficient (Wildman–Crippen LogP) is 3.10. The van der Waals surface area contributed by atoms with Crippen LogP contribution in [0.25, 0.3) is 0 Å². The number of amides is 1. The van der Waals surface area contributed by atoms with Crippen molar-refractivity contribution in [1.82, 2.24) is 4.90 Å². The molecule has 0 aromatic heterocycles. The molecule has 106 valence electrons. The molecular formula is C18H17NO2. The highest BCUT2D eigenvalue weighted by molar-refractivity contribution is 5.81. The Kier molecular flexibility index (Phi) is 3.00. The van der Waals surface area contributed by atoms with Gasteiger partial charge in [0.05, 0.1) is 12.6 Å². The maximum Gasteiger partial charge on any atom is 0.226 e. The fourth-order valence-electron chi connectivity index (χ4n) is 3.46. The lowest BCUT2D eigenvalue weighted by atomic mass is 9.97. The lowest BCUT2D eigenvalue weighted by Gasteiger charge is -2.23. The zero-order valence-corrected chi connectivity index (χ0v) is 11.7. The van der Waals surface area contributed by atoms with E-state index in [9.17, 15) is 4.79 Å². The van der Waals surface area contributed by atoms with E-state index in [0.29, 0.717) is 13.0 Å². The summed E-state index contributed by atoms with van der Waals surface area (Å²) in [5, 5.41) is 0. The first-order valence-corrected chi connectivity index (χ1v) is 7.37. The molecule has 2 aliphatic rings. The minimum Gasteiger partial charge on any atom is -0.355 e. The quantitative estimate of drug-likeness (QED) is 0.845. The third-order valence-electron chi connectivity index (χ3n) is 4.47. The van der Waals surface area contributed by atoms with Crippen molar-refractivity contribution in [2.45, 2.75) is 24.6 Å². The van der Waals surface area contributed by atoms with Gasteiger partial charge in [0.25, 0.3) is 0 Å². The fourth-order valence-corrected chi connectivity index (χ4v) is 3.46. The summed E-state index contributed by atoms with van der Waals surface area (Å²) >= 11 is 0. The van der Waals surface area contributed by atoms with Crippen molar-refractivity contribution in [3.63, 3.8) is 0 Å². The molecule has 0 aliphatic carbocycles. The van der Waals surface area contributed by atoms with Crippen molar-refractivity contribution in [2.24, 2.45) is 0 Å². The third-order valence-corrected chi connectivity index (χ3v) is 4.47. The lowest BCUT2D eigenvalue weighted by Crippen LogP contribution is -2.31. The number of carbonyl (C=O) groups excluding carboxylic acids is 1. The summed E-state index contributed by atoms with van der Waals surface area (Å²) in [6, 6.07) is 20.4. The summed E-state index contributed by atoms with van der Waals surface area (Å²) in [7, 11) is 0. The highest BCUT2D eigenvalue weighted by atomic mass is 16.5. The molecule has 0 unspecified atom stereocenters. The van der Waals surface area contributed by atoms with E-state index < -0.39 is 0 Å². The average Bonchev–Trinajstić information content (AvgIpc) is 3.11. The van der Waals surface area contributed by atoms with Gasteiger partial charge in [0, 0.05) is 12.3 Å². The molecule has 2 aromatic rings. The van der Waals surface area contributed by atoms with Gasteiger partial charge in [-0.15, -0.1) is 0 Å². The third kappa shape index (κ3) is 2.05. The predicted molar refractivity (Wildman–Crippen MR) is 79.6 cm³/mol. The van der Waals surface area contributed by atoms with E-state index in [2.05, 4.69) is 24.3 Å². The zero-order chi connectivity index (χ0) is 14.2. The van der Waals surface area contributed by atoms with Gasteiger partial charge in [-0.3, -0.25) is 4.79 Å². The first-order chi connectivity index (χ1) is 10.3. The highest BCUT2D eigenvalue weighted by Gasteiger charge is 2.49. The number of carbonyl (C=O) groups is 1. The van der Waals surface area contributed by atoms with Crippen LogP contribution in [0.5, 0.6) is 0 Å². The minimum absolute atomic E-state index is 0.0532. The molecule has 2 heterocycles. The zero-order valence-electron chi connectivity index (χ0n) is 11.7. The molecule has 3 heteroatoms. The largest absolute Gasteiger partial charge is 0.355 e. The van der Waals surface area contributed by atoms with Gasteiger partial charge in [0.1, 0.15) is 6.23 Å². The molecule has 0 saturated carbocycles. The summed E-state index contributed by atoms with van der Waals surface area (Å²) in [6.07, 6.45) is 0.419. The molecule has 4 rings (SSSR count). The van der Waals surface area contributed by atoms with Crippen LogP contribution in [0.3, 0.4) is 0 Å². The van der Waals surface area contributed by atoms with Crippen LogP contribution in [0.4, 0.5) is 0 Å². The van der Waals surface area contributed by atoms with Crippen molar-refractivity contribution in [1.29, 1.82) is 0 Å². The first-order valence-electron chi connectivity index (χ1n) is 7.37. The van der Waals surface area contributed by atoms with Gasteiger partial charge in [-0.2, -0.15) is 0 Å². The summed E-state index contributed by atoms with van der Waals surface area (Å²) in [4.78, 5) is 14.4. The summed E-state index contributed by atoms with van der Waals surface area (Å²) in [5.41, 5.74) is 2.34. The Morgan fingerprint density at radius 2 is 1.52 bits per heavy atom. The maximum atomic E-state index is 12.5. The molecule has 2 aromatic carbocycles. The van der Waals surface area contributed by atoms with E-state index >= 15 is 0 Å². The first kappa shape index (κ1) is 12.6. The molecule has 2 fully saturated rings. The van der Waals surface area contributed by atoms with Crippen LogP contribution in [0, 0.1) is 0 Å². The minimum atomic E-state index is -0.120. The van der Waals surface area contributed by atoms with E-state index in [1.807, 2.05) is 41.3 Å². The number of hydrogen-bond donors (Lipinski definition) is 0. The van der Waals surface area contributed by atoms with Crippen LogP contribution in [-0.4, -0.2) is 23.6 Å². The van der Waals surface area contributed by atoms with Gasteiger partial charge in [-0.05, 0) is 11.1 Å². The Balaban J connectivity index is 1.65. The summed E-state index contributed by atoms with van der Waals surface area (Å²) in [6.45, 7) is 0.587. The van der Waals surface area contributed by atoms with Crippen LogP contribution in [0.2, 0.25) is 0 Å². The number of hydrogen-bond acceptors (Lipinski definition) is 2. The molecule has 0 N–H and O–H groups in total. The molecule has 1 amide bonds. The van der Waals surface area contributed by atoms with Gasteiger partial charge < -0.3 is 9.64 Å². The van der Waals surface area contributed by atoms with Crippen molar-refractivity contribution in [2.75, 3.05) is 6.61 Å². The summed E-state index contributed by atoms with van der Waals surface area (Å²) in [5.74, 6) is 0.340. The molecule has 0 radical (unpaired) electrons. The summed E-state index contributed by atoms with van der Waals surface area (Å²) < 4.78 is 5.99. The fraction of sp³-hybridized carbons (Fsp3) is 0.278. The number of fused-ring (bicyclic) bond motifs is 1. The molecule has 0 spiro atoms. The molecule has 3 nitrogen and oxygen atoms in total. The second-order valence-corrected chi connectivity index (χ2v) is 5.67. The molecule has 21 heavy (non-hydrogen) atoms. The monoisotopic (exact) mass is 279 g/mol. The van der Waals surface area contributed by atoms with Crippen LogP contribution < -0.4 is 0 Å². The Morgan fingerprint density at radius 3 is 2.19 bits per heavy atom.